The van der Waals surface area contributed by atoms with E-state index in [1.165, 1.54) is 31.5 Å². The van der Waals surface area contributed by atoms with Gasteiger partial charge in [0.05, 0.1) is 5.69 Å². The molecule has 0 saturated heterocycles. The maximum absolute atomic E-state index is 6.26. The van der Waals surface area contributed by atoms with Crippen molar-refractivity contribution in [2.75, 3.05) is 5.73 Å². The topological polar surface area (TPSA) is 43.8 Å². The summed E-state index contributed by atoms with van der Waals surface area (Å²) in [6, 6.07) is 0. The van der Waals surface area contributed by atoms with Gasteiger partial charge in [-0.15, -0.1) is 0 Å². The largest absolute Gasteiger partial charge is 0.384 e. The summed E-state index contributed by atoms with van der Waals surface area (Å²) >= 11 is 0. The number of imidazole rings is 1. The van der Waals surface area contributed by atoms with Gasteiger partial charge in [-0.2, -0.15) is 0 Å². The molecule has 0 aromatic carbocycles. The summed E-state index contributed by atoms with van der Waals surface area (Å²) in [4.78, 5) is 4.80. The summed E-state index contributed by atoms with van der Waals surface area (Å²) < 4.78 is 2.28. The van der Waals surface area contributed by atoms with E-state index in [4.69, 9.17) is 10.7 Å². The molecule has 2 rings (SSSR count). The zero-order valence-corrected chi connectivity index (χ0v) is 11.4. The molecule has 1 aliphatic rings. The minimum atomic E-state index is 0.624. The number of rotatable bonds is 6. The average molecular weight is 235 g/mol. The number of unbranched alkanes of at least 4 members (excludes halogenated alkanes) is 1. The van der Waals surface area contributed by atoms with Crippen molar-refractivity contribution in [2.45, 2.75) is 65.3 Å². The van der Waals surface area contributed by atoms with Crippen molar-refractivity contribution in [1.29, 1.82) is 0 Å². The molecule has 1 aromatic heterocycles. The summed E-state index contributed by atoms with van der Waals surface area (Å²) in [5.74, 6) is 3.49. The molecule has 96 valence electrons. The second-order valence-corrected chi connectivity index (χ2v) is 5.68. The predicted octanol–water partition coefficient (Wildman–Crippen LogP) is 3.34. The van der Waals surface area contributed by atoms with E-state index < -0.39 is 0 Å². The van der Waals surface area contributed by atoms with Gasteiger partial charge in [0.2, 0.25) is 0 Å². The van der Waals surface area contributed by atoms with Gasteiger partial charge in [-0.1, -0.05) is 27.2 Å². The molecule has 17 heavy (non-hydrogen) atoms. The van der Waals surface area contributed by atoms with Crippen LogP contribution in [0.3, 0.4) is 0 Å². The van der Waals surface area contributed by atoms with Gasteiger partial charge in [0.15, 0.2) is 0 Å². The molecule has 1 aliphatic carbocycles. The normalized spacial score (nSPS) is 15.8. The zero-order chi connectivity index (χ0) is 12.4. The third kappa shape index (κ3) is 2.82. The molecule has 2 N–H and O–H groups in total. The van der Waals surface area contributed by atoms with Crippen molar-refractivity contribution in [3.05, 3.63) is 11.5 Å². The van der Waals surface area contributed by atoms with Gasteiger partial charge in [0.1, 0.15) is 11.6 Å². The van der Waals surface area contributed by atoms with E-state index in [1.807, 2.05) is 0 Å². The van der Waals surface area contributed by atoms with Gasteiger partial charge in [0.25, 0.3) is 0 Å². The van der Waals surface area contributed by atoms with Crippen molar-refractivity contribution in [2.24, 2.45) is 5.92 Å². The summed E-state index contributed by atoms with van der Waals surface area (Å²) in [6.45, 7) is 7.71. The first-order chi connectivity index (χ1) is 8.13. The number of aromatic nitrogens is 2. The van der Waals surface area contributed by atoms with Crippen LogP contribution < -0.4 is 5.73 Å². The second kappa shape index (κ2) is 5.11. The second-order valence-electron chi connectivity index (χ2n) is 5.68. The third-order valence-corrected chi connectivity index (χ3v) is 3.39. The van der Waals surface area contributed by atoms with Crippen LogP contribution in [0, 0.1) is 5.92 Å². The number of hydrogen-bond donors (Lipinski definition) is 1. The number of anilines is 1. The highest BCUT2D eigenvalue weighted by atomic mass is 15.1. The molecule has 0 unspecified atom stereocenters. The Bertz CT molecular complexity index is 375. The van der Waals surface area contributed by atoms with Gasteiger partial charge in [0, 0.05) is 12.5 Å². The molecule has 1 saturated carbocycles. The van der Waals surface area contributed by atoms with E-state index in [-0.39, 0.29) is 0 Å². The van der Waals surface area contributed by atoms with Crippen LogP contribution in [0.2, 0.25) is 0 Å². The first kappa shape index (κ1) is 12.5. The van der Waals surface area contributed by atoms with Crippen LogP contribution in [-0.2, 0) is 13.0 Å². The molecule has 0 bridgehead atoms. The fraction of sp³-hybridized carbons (Fsp3) is 0.786. The third-order valence-electron chi connectivity index (χ3n) is 3.39. The Morgan fingerprint density at radius 3 is 2.65 bits per heavy atom. The molecule has 0 spiro atoms. The van der Waals surface area contributed by atoms with Gasteiger partial charge in [-0.25, -0.2) is 4.98 Å². The number of nitrogens with two attached hydrogens (primary N) is 1. The minimum Gasteiger partial charge on any atom is -0.384 e. The molecule has 3 heteroatoms. The van der Waals surface area contributed by atoms with Crippen LogP contribution in [0.15, 0.2) is 0 Å². The minimum absolute atomic E-state index is 0.624. The van der Waals surface area contributed by atoms with Crippen LogP contribution in [0.4, 0.5) is 5.82 Å². The molecular formula is C14H25N3. The quantitative estimate of drug-likeness (QED) is 0.821. The first-order valence-electron chi connectivity index (χ1n) is 6.98. The van der Waals surface area contributed by atoms with Crippen LogP contribution in [0.1, 0.15) is 63.9 Å². The van der Waals surface area contributed by atoms with Gasteiger partial charge < -0.3 is 10.3 Å². The lowest BCUT2D eigenvalue weighted by atomic mass is 10.1. The summed E-state index contributed by atoms with van der Waals surface area (Å²) in [5.41, 5.74) is 7.38. The Balaban J connectivity index is 2.23. The number of nitrogen functional groups attached to an aromatic ring is 1. The Labute approximate surface area is 104 Å². The van der Waals surface area contributed by atoms with E-state index in [0.717, 1.165) is 24.5 Å². The highest BCUT2D eigenvalue weighted by Gasteiger charge is 2.30. The van der Waals surface area contributed by atoms with Gasteiger partial charge in [-0.05, 0) is 31.6 Å². The molecule has 0 radical (unpaired) electrons. The van der Waals surface area contributed by atoms with Crippen LogP contribution in [-0.4, -0.2) is 9.55 Å². The number of nitrogens with zero attached hydrogens (tertiary/aromatic N) is 2. The van der Waals surface area contributed by atoms with E-state index in [1.54, 1.807) is 0 Å². The maximum Gasteiger partial charge on any atom is 0.126 e. The SMILES string of the molecule is CCCCn1c(C2CC2)nc(CC(C)C)c1N. The van der Waals surface area contributed by atoms with Crippen LogP contribution in [0.25, 0.3) is 0 Å². The van der Waals surface area contributed by atoms with Crippen molar-refractivity contribution >= 4 is 5.82 Å². The summed E-state index contributed by atoms with van der Waals surface area (Å²) in [6.07, 6.45) is 6.00. The fourth-order valence-electron chi connectivity index (χ4n) is 2.28. The lowest BCUT2D eigenvalue weighted by Crippen LogP contribution is -2.07. The lowest BCUT2D eigenvalue weighted by molar-refractivity contribution is 0.609. The molecule has 1 heterocycles. The van der Waals surface area contributed by atoms with Crippen LogP contribution in [0.5, 0.6) is 0 Å². The molecular weight excluding hydrogens is 210 g/mol. The van der Waals surface area contributed by atoms with E-state index >= 15 is 0 Å². The highest BCUT2D eigenvalue weighted by Crippen LogP contribution is 2.41. The van der Waals surface area contributed by atoms with Crippen molar-refractivity contribution < 1.29 is 0 Å². The molecule has 0 amide bonds. The molecule has 0 atom stereocenters. The van der Waals surface area contributed by atoms with E-state index in [2.05, 4.69) is 25.3 Å². The van der Waals surface area contributed by atoms with Crippen molar-refractivity contribution in [3.8, 4) is 0 Å². The predicted molar refractivity (Wildman–Crippen MR) is 72.1 cm³/mol. The van der Waals surface area contributed by atoms with Gasteiger partial charge in [-0.3, -0.25) is 0 Å². The smallest absolute Gasteiger partial charge is 0.126 e. The summed E-state index contributed by atoms with van der Waals surface area (Å²) in [5, 5.41) is 0. The van der Waals surface area contributed by atoms with Crippen LogP contribution >= 0.6 is 0 Å². The maximum atomic E-state index is 6.26. The Morgan fingerprint density at radius 2 is 2.12 bits per heavy atom. The molecule has 0 aliphatic heterocycles. The van der Waals surface area contributed by atoms with E-state index in [0.29, 0.717) is 11.8 Å². The highest BCUT2D eigenvalue weighted by molar-refractivity contribution is 5.40. The molecule has 1 aromatic rings. The Morgan fingerprint density at radius 1 is 1.41 bits per heavy atom. The molecule has 3 nitrogen and oxygen atoms in total. The van der Waals surface area contributed by atoms with Crippen molar-refractivity contribution in [1.82, 2.24) is 9.55 Å². The monoisotopic (exact) mass is 235 g/mol. The van der Waals surface area contributed by atoms with E-state index in [9.17, 15) is 0 Å². The Hall–Kier alpha value is -0.990. The molecule has 1 fully saturated rings. The first-order valence-corrected chi connectivity index (χ1v) is 6.98. The summed E-state index contributed by atoms with van der Waals surface area (Å²) in [7, 11) is 0. The Kier molecular flexibility index (Phi) is 3.75. The number of hydrogen-bond acceptors (Lipinski definition) is 2. The standard InChI is InChI=1S/C14H25N3/c1-4-5-8-17-13(15)12(9-10(2)3)16-14(17)11-6-7-11/h10-11H,4-9,15H2,1-3H3. The lowest BCUT2D eigenvalue weighted by Gasteiger charge is -2.08. The zero-order valence-electron chi connectivity index (χ0n) is 11.4. The average Bonchev–Trinajstić information content (AvgIpc) is 3.05. The van der Waals surface area contributed by atoms with Gasteiger partial charge >= 0.3 is 0 Å². The fourth-order valence-corrected chi connectivity index (χ4v) is 2.28. The van der Waals surface area contributed by atoms with Crippen molar-refractivity contribution in [3.63, 3.8) is 0 Å².